The number of benzene rings is 1. The van der Waals surface area contributed by atoms with E-state index < -0.39 is 6.10 Å². The first-order valence-electron chi connectivity index (χ1n) is 14.1. The van der Waals surface area contributed by atoms with Crippen LogP contribution in [0.4, 0.5) is 10.6 Å². The predicted molar refractivity (Wildman–Crippen MR) is 153 cm³/mol. The Hall–Kier alpha value is -3.66. The van der Waals surface area contributed by atoms with Crippen molar-refractivity contribution < 1.29 is 19.4 Å². The van der Waals surface area contributed by atoms with Crippen LogP contribution in [0.1, 0.15) is 43.7 Å². The average molecular weight is 549 g/mol. The largest absolute Gasteiger partial charge is 0.491 e. The number of aromatic nitrogens is 4. The summed E-state index contributed by atoms with van der Waals surface area (Å²) in [6.45, 7) is 9.64. The first-order chi connectivity index (χ1) is 19.2. The quantitative estimate of drug-likeness (QED) is 0.442. The number of aliphatic hydroxyl groups is 1. The summed E-state index contributed by atoms with van der Waals surface area (Å²) in [6, 6.07) is 7.75. The lowest BCUT2D eigenvalue weighted by Gasteiger charge is -2.54. The molecule has 2 aromatic heterocycles. The van der Waals surface area contributed by atoms with E-state index in [9.17, 15) is 9.90 Å². The minimum absolute atomic E-state index is 0.178. The summed E-state index contributed by atoms with van der Waals surface area (Å²) < 4.78 is 12.7. The highest BCUT2D eigenvalue weighted by molar-refractivity contribution is 5.73. The molecule has 1 amide bonds. The van der Waals surface area contributed by atoms with Gasteiger partial charge in [-0.05, 0) is 50.8 Å². The fraction of sp³-hybridized carbons (Fsp3) is 0.533. The first kappa shape index (κ1) is 27.9. The van der Waals surface area contributed by atoms with Gasteiger partial charge in [0.05, 0.1) is 30.8 Å². The maximum absolute atomic E-state index is 12.0. The van der Waals surface area contributed by atoms with E-state index in [4.69, 9.17) is 19.4 Å². The Labute approximate surface area is 235 Å². The Morgan fingerprint density at radius 3 is 2.58 bits per heavy atom. The van der Waals surface area contributed by atoms with Crippen LogP contribution in [-0.2, 0) is 11.8 Å². The Balaban J connectivity index is 1.44. The highest BCUT2D eigenvalue weighted by atomic mass is 16.5. The number of hydrogen-bond donors (Lipinski definition) is 1. The monoisotopic (exact) mass is 548 g/mol. The van der Waals surface area contributed by atoms with Gasteiger partial charge < -0.3 is 24.4 Å². The van der Waals surface area contributed by atoms with E-state index in [0.29, 0.717) is 31.1 Å². The van der Waals surface area contributed by atoms with Crippen molar-refractivity contribution in [2.24, 2.45) is 12.5 Å². The summed E-state index contributed by atoms with van der Waals surface area (Å²) in [7, 11) is 3.37. The number of likely N-dealkylation sites (tertiary alicyclic amines) is 1. The molecular formula is C30H40N6O4. The van der Waals surface area contributed by atoms with E-state index in [1.165, 1.54) is 7.11 Å². The molecule has 10 nitrogen and oxygen atoms in total. The number of aryl methyl sites for hydroxylation is 2. The van der Waals surface area contributed by atoms with Crippen molar-refractivity contribution in [3.63, 3.8) is 0 Å². The second-order valence-electron chi connectivity index (χ2n) is 11.2. The van der Waals surface area contributed by atoms with Crippen molar-refractivity contribution >= 4 is 11.9 Å². The van der Waals surface area contributed by atoms with Crippen molar-refractivity contribution in [1.29, 1.82) is 0 Å². The zero-order valence-corrected chi connectivity index (χ0v) is 24.2. The van der Waals surface area contributed by atoms with Crippen LogP contribution in [0.3, 0.4) is 0 Å². The third-order valence-corrected chi connectivity index (χ3v) is 8.23. The number of carbonyl (C=O) groups excluding carboxylic acids is 1. The van der Waals surface area contributed by atoms with Crippen molar-refractivity contribution in [2.45, 2.75) is 52.6 Å². The number of hydrogen-bond acceptors (Lipinski definition) is 8. The fourth-order valence-electron chi connectivity index (χ4n) is 5.92. The van der Waals surface area contributed by atoms with Crippen LogP contribution in [0.2, 0.25) is 0 Å². The van der Waals surface area contributed by atoms with Crippen molar-refractivity contribution in [3.8, 4) is 28.5 Å². The summed E-state index contributed by atoms with van der Waals surface area (Å²) in [4.78, 5) is 26.2. The molecule has 0 aliphatic carbocycles. The molecule has 2 aliphatic rings. The van der Waals surface area contributed by atoms with Crippen LogP contribution in [0.15, 0.2) is 30.5 Å². The van der Waals surface area contributed by atoms with Crippen molar-refractivity contribution in [1.82, 2.24) is 24.6 Å². The molecule has 2 aliphatic heterocycles. The third-order valence-electron chi connectivity index (χ3n) is 8.23. The minimum Gasteiger partial charge on any atom is -0.491 e. The van der Waals surface area contributed by atoms with E-state index in [0.717, 1.165) is 66.2 Å². The van der Waals surface area contributed by atoms with Gasteiger partial charge in [0.1, 0.15) is 18.2 Å². The Bertz CT molecular complexity index is 1340. The van der Waals surface area contributed by atoms with Crippen molar-refractivity contribution in [3.05, 3.63) is 41.6 Å². The fourth-order valence-corrected chi connectivity index (χ4v) is 5.92. The second-order valence-corrected chi connectivity index (χ2v) is 11.2. The van der Waals surface area contributed by atoms with Gasteiger partial charge in [-0.15, -0.1) is 0 Å². The molecule has 3 aromatic rings. The van der Waals surface area contributed by atoms with Crippen molar-refractivity contribution in [2.75, 3.05) is 44.8 Å². The number of amides is 1. The van der Waals surface area contributed by atoms with E-state index >= 15 is 0 Å². The van der Waals surface area contributed by atoms with Gasteiger partial charge in [-0.3, -0.25) is 4.68 Å². The molecule has 1 N–H and O–H groups in total. The first-order valence-corrected chi connectivity index (χ1v) is 14.1. The lowest BCUT2D eigenvalue weighted by molar-refractivity contribution is 0.0621. The number of ether oxygens (including phenoxy) is 2. The molecule has 214 valence electrons. The molecule has 1 spiro atoms. The van der Waals surface area contributed by atoms with Crippen LogP contribution in [0.5, 0.6) is 5.75 Å². The van der Waals surface area contributed by atoms with Crippen LogP contribution in [-0.4, -0.2) is 81.8 Å². The summed E-state index contributed by atoms with van der Waals surface area (Å²) in [6.07, 6.45) is 4.63. The molecule has 0 saturated carbocycles. The second kappa shape index (κ2) is 11.4. The highest BCUT2D eigenvalue weighted by Gasteiger charge is 2.46. The van der Waals surface area contributed by atoms with E-state index in [1.807, 2.05) is 56.0 Å². The van der Waals surface area contributed by atoms with Crippen LogP contribution in [0.25, 0.3) is 22.8 Å². The predicted octanol–water partition coefficient (Wildman–Crippen LogP) is 4.37. The van der Waals surface area contributed by atoms with Gasteiger partial charge in [-0.2, -0.15) is 5.10 Å². The van der Waals surface area contributed by atoms with Gasteiger partial charge in [-0.1, -0.05) is 25.5 Å². The lowest BCUT2D eigenvalue weighted by atomic mass is 9.72. The Morgan fingerprint density at radius 1 is 1.18 bits per heavy atom. The maximum atomic E-state index is 12.0. The number of rotatable bonds is 8. The molecule has 5 rings (SSSR count). The van der Waals surface area contributed by atoms with Gasteiger partial charge >= 0.3 is 6.09 Å². The summed E-state index contributed by atoms with van der Waals surface area (Å²) in [5.74, 6) is 2.22. The molecule has 4 heterocycles. The highest BCUT2D eigenvalue weighted by Crippen LogP contribution is 2.44. The van der Waals surface area contributed by atoms with E-state index in [2.05, 4.69) is 16.9 Å². The Kier molecular flexibility index (Phi) is 7.98. The summed E-state index contributed by atoms with van der Waals surface area (Å²) >= 11 is 0. The topological polar surface area (TPSA) is 106 Å². The normalized spacial score (nSPS) is 17.1. The van der Waals surface area contributed by atoms with Gasteiger partial charge in [0.25, 0.3) is 0 Å². The molecule has 40 heavy (non-hydrogen) atoms. The summed E-state index contributed by atoms with van der Waals surface area (Å²) in [5, 5.41) is 14.6. The molecule has 2 saturated heterocycles. The molecule has 2 fully saturated rings. The molecule has 10 heteroatoms. The van der Waals surface area contributed by atoms with Crippen LogP contribution in [0, 0.1) is 19.3 Å². The van der Waals surface area contributed by atoms with Crippen LogP contribution < -0.4 is 9.64 Å². The Morgan fingerprint density at radius 2 is 1.93 bits per heavy atom. The van der Waals surface area contributed by atoms with Gasteiger partial charge in [0.2, 0.25) is 0 Å². The number of carbonyl (C=O) groups is 1. The number of nitrogens with zero attached hydrogens (tertiary/aromatic N) is 6. The van der Waals surface area contributed by atoms with E-state index in [-0.39, 0.29) is 18.1 Å². The zero-order valence-electron chi connectivity index (χ0n) is 24.2. The number of methoxy groups -OCH3 is 1. The smallest absolute Gasteiger partial charge is 0.409 e. The van der Waals surface area contributed by atoms with E-state index in [1.54, 1.807) is 4.90 Å². The third kappa shape index (κ3) is 5.50. The summed E-state index contributed by atoms with van der Waals surface area (Å²) in [5.41, 5.74) is 4.94. The maximum Gasteiger partial charge on any atom is 0.409 e. The zero-order chi connectivity index (χ0) is 28.4. The molecule has 1 atom stereocenters. The SMILES string of the molecule is CCC[C@@H](O)COc1cccc(-c2nc(-c3c(C)cnn3C)c(C)c(N3CC4(CCN(C(=O)OC)CC4)C3)n2)c1. The molecule has 1 aromatic carbocycles. The van der Waals surface area contributed by atoms with Gasteiger partial charge in [-0.25, -0.2) is 14.8 Å². The van der Waals surface area contributed by atoms with Gasteiger partial charge in [0, 0.05) is 49.8 Å². The molecule has 0 bridgehead atoms. The number of aliphatic hydroxyl groups excluding tert-OH is 1. The standard InChI is InChI=1S/C30H40N6O4/c1-6-8-23(37)17-40-24-10-7-9-22(15-24)27-32-25(26-20(2)16-31-34(26)4)21(3)28(33-27)36-18-30(19-36)11-13-35(14-12-30)29(38)39-5/h7,9-10,15-16,23,37H,6,8,11-14,17-19H2,1-5H3/t23-/m1/s1. The minimum atomic E-state index is -0.492. The average Bonchev–Trinajstić information content (AvgIpc) is 3.28. The molecular weight excluding hydrogens is 508 g/mol. The van der Waals surface area contributed by atoms with Crippen LogP contribution >= 0.6 is 0 Å². The molecule has 0 radical (unpaired) electrons. The molecule has 0 unspecified atom stereocenters. The van der Waals surface area contributed by atoms with Gasteiger partial charge in [0.15, 0.2) is 5.82 Å². The lowest BCUT2D eigenvalue weighted by Crippen LogP contribution is -2.61. The number of anilines is 1. The number of piperidine rings is 1.